The van der Waals surface area contributed by atoms with Gasteiger partial charge in [-0.2, -0.15) is 0 Å². The highest BCUT2D eigenvalue weighted by Gasteiger charge is 2.18. The van der Waals surface area contributed by atoms with Crippen molar-refractivity contribution in [2.75, 3.05) is 6.61 Å². The molecular formula is C10H16N2O. The lowest BCUT2D eigenvalue weighted by Crippen LogP contribution is -2.39. The van der Waals surface area contributed by atoms with Crippen LogP contribution in [0.2, 0.25) is 0 Å². The Kier molecular flexibility index (Phi) is 3.39. The van der Waals surface area contributed by atoms with E-state index in [2.05, 4.69) is 4.98 Å². The summed E-state index contributed by atoms with van der Waals surface area (Å²) in [6, 6.07) is 5.77. The normalized spacial score (nSPS) is 15.3. The molecule has 1 rings (SSSR count). The molecule has 0 aromatic carbocycles. The first-order valence-corrected chi connectivity index (χ1v) is 4.44. The molecular weight excluding hydrogens is 164 g/mol. The van der Waals surface area contributed by atoms with Gasteiger partial charge in [0.15, 0.2) is 0 Å². The molecule has 3 heteroatoms. The van der Waals surface area contributed by atoms with Gasteiger partial charge in [-0.3, -0.25) is 4.98 Å². The Hall–Kier alpha value is -0.930. The van der Waals surface area contributed by atoms with E-state index in [-0.39, 0.29) is 12.1 Å². The van der Waals surface area contributed by atoms with E-state index in [1.165, 1.54) is 0 Å². The maximum atomic E-state index is 8.78. The molecule has 0 amide bonds. The third-order valence-electron chi connectivity index (χ3n) is 1.99. The monoisotopic (exact) mass is 180 g/mol. The molecule has 1 unspecified atom stereocenters. The van der Waals surface area contributed by atoms with Crippen molar-refractivity contribution in [1.82, 2.24) is 4.98 Å². The number of nitrogens with two attached hydrogens (primary N) is 1. The van der Waals surface area contributed by atoms with Crippen LogP contribution >= 0.6 is 0 Å². The zero-order valence-electron chi connectivity index (χ0n) is 7.90. The first kappa shape index (κ1) is 10.2. The van der Waals surface area contributed by atoms with Gasteiger partial charge in [-0.05, 0) is 25.5 Å². The molecule has 1 aromatic heterocycles. The molecule has 1 aromatic rings. The van der Waals surface area contributed by atoms with Crippen molar-refractivity contribution in [2.45, 2.75) is 25.3 Å². The molecule has 0 aliphatic heterocycles. The van der Waals surface area contributed by atoms with Crippen LogP contribution < -0.4 is 5.73 Å². The summed E-state index contributed by atoms with van der Waals surface area (Å²) in [6.07, 6.45) is 3.06. The predicted molar refractivity (Wildman–Crippen MR) is 52.2 cm³/mol. The smallest absolute Gasteiger partial charge is 0.0448 e. The maximum absolute atomic E-state index is 8.78. The minimum Gasteiger partial charge on any atom is -0.396 e. The van der Waals surface area contributed by atoms with E-state index >= 15 is 0 Å². The van der Waals surface area contributed by atoms with Crippen LogP contribution in [0.1, 0.15) is 19.0 Å². The molecule has 0 aliphatic rings. The number of rotatable bonds is 4. The highest BCUT2D eigenvalue weighted by atomic mass is 16.3. The average molecular weight is 180 g/mol. The summed E-state index contributed by atoms with van der Waals surface area (Å²) in [5, 5.41) is 8.78. The SMILES string of the molecule is CC(N)(CCO)Cc1ccccn1. The summed E-state index contributed by atoms with van der Waals surface area (Å²) < 4.78 is 0. The number of hydrogen-bond donors (Lipinski definition) is 2. The zero-order valence-corrected chi connectivity index (χ0v) is 7.90. The van der Waals surface area contributed by atoms with Crippen LogP contribution in [0.25, 0.3) is 0 Å². The average Bonchev–Trinajstić information content (AvgIpc) is 2.04. The van der Waals surface area contributed by atoms with Gasteiger partial charge in [0.25, 0.3) is 0 Å². The second-order valence-corrected chi connectivity index (χ2v) is 3.63. The fraction of sp³-hybridized carbons (Fsp3) is 0.500. The summed E-state index contributed by atoms with van der Waals surface area (Å²) in [5.74, 6) is 0. The highest BCUT2D eigenvalue weighted by Crippen LogP contribution is 2.11. The fourth-order valence-corrected chi connectivity index (χ4v) is 1.26. The van der Waals surface area contributed by atoms with E-state index in [1.807, 2.05) is 25.1 Å². The van der Waals surface area contributed by atoms with E-state index in [0.29, 0.717) is 12.8 Å². The zero-order chi connectivity index (χ0) is 9.73. The molecule has 3 N–H and O–H groups in total. The standard InChI is InChI=1S/C10H16N2O/c1-10(11,5-7-13)8-9-4-2-3-6-12-9/h2-4,6,13H,5,7-8,11H2,1H3. The largest absolute Gasteiger partial charge is 0.396 e. The molecule has 3 nitrogen and oxygen atoms in total. The van der Waals surface area contributed by atoms with Crippen molar-refractivity contribution in [1.29, 1.82) is 0 Å². The van der Waals surface area contributed by atoms with Crippen LogP contribution in [0, 0.1) is 0 Å². The van der Waals surface area contributed by atoms with Crippen LogP contribution in [0.4, 0.5) is 0 Å². The van der Waals surface area contributed by atoms with Crippen LogP contribution in [-0.4, -0.2) is 22.2 Å². The molecule has 0 aliphatic carbocycles. The molecule has 0 bridgehead atoms. The van der Waals surface area contributed by atoms with Gasteiger partial charge in [-0.25, -0.2) is 0 Å². The van der Waals surface area contributed by atoms with Crippen molar-refractivity contribution in [3.63, 3.8) is 0 Å². The summed E-state index contributed by atoms with van der Waals surface area (Å²) >= 11 is 0. The van der Waals surface area contributed by atoms with Crippen molar-refractivity contribution in [2.24, 2.45) is 5.73 Å². The van der Waals surface area contributed by atoms with E-state index in [9.17, 15) is 0 Å². The molecule has 0 fully saturated rings. The summed E-state index contributed by atoms with van der Waals surface area (Å²) in [5.41, 5.74) is 6.57. The van der Waals surface area contributed by atoms with E-state index in [4.69, 9.17) is 10.8 Å². The van der Waals surface area contributed by atoms with Crippen LogP contribution in [0.15, 0.2) is 24.4 Å². The van der Waals surface area contributed by atoms with Crippen LogP contribution in [0.5, 0.6) is 0 Å². The van der Waals surface area contributed by atoms with E-state index < -0.39 is 0 Å². The molecule has 0 saturated heterocycles. The van der Waals surface area contributed by atoms with Gasteiger partial charge in [-0.1, -0.05) is 6.07 Å². The topological polar surface area (TPSA) is 59.1 Å². The number of aromatic nitrogens is 1. The second-order valence-electron chi connectivity index (χ2n) is 3.63. The third-order valence-corrected chi connectivity index (χ3v) is 1.99. The highest BCUT2D eigenvalue weighted by molar-refractivity contribution is 5.07. The molecule has 0 spiro atoms. The Balaban J connectivity index is 2.58. The maximum Gasteiger partial charge on any atom is 0.0448 e. The van der Waals surface area contributed by atoms with Gasteiger partial charge in [-0.15, -0.1) is 0 Å². The summed E-state index contributed by atoms with van der Waals surface area (Å²) in [6.45, 7) is 2.05. The molecule has 72 valence electrons. The number of hydrogen-bond acceptors (Lipinski definition) is 3. The Morgan fingerprint density at radius 2 is 2.31 bits per heavy atom. The first-order valence-electron chi connectivity index (χ1n) is 4.44. The number of aliphatic hydroxyl groups excluding tert-OH is 1. The van der Waals surface area contributed by atoms with Gasteiger partial charge in [0, 0.05) is 30.5 Å². The Labute approximate surface area is 78.6 Å². The van der Waals surface area contributed by atoms with Gasteiger partial charge in [0.05, 0.1) is 0 Å². The molecule has 13 heavy (non-hydrogen) atoms. The van der Waals surface area contributed by atoms with Gasteiger partial charge >= 0.3 is 0 Å². The van der Waals surface area contributed by atoms with Crippen LogP contribution in [-0.2, 0) is 6.42 Å². The molecule has 0 radical (unpaired) electrons. The number of nitrogens with zero attached hydrogens (tertiary/aromatic N) is 1. The van der Waals surface area contributed by atoms with Crippen molar-refractivity contribution >= 4 is 0 Å². The minimum absolute atomic E-state index is 0.125. The van der Waals surface area contributed by atoms with Crippen molar-refractivity contribution in [3.05, 3.63) is 30.1 Å². The second kappa shape index (κ2) is 4.35. The molecule has 1 heterocycles. The fourth-order valence-electron chi connectivity index (χ4n) is 1.26. The predicted octanol–water partition coefficient (Wildman–Crippen LogP) is 0.724. The van der Waals surface area contributed by atoms with Crippen LogP contribution in [0.3, 0.4) is 0 Å². The summed E-state index contributed by atoms with van der Waals surface area (Å²) in [4.78, 5) is 4.18. The van der Waals surface area contributed by atoms with Gasteiger partial charge in [0.2, 0.25) is 0 Å². The van der Waals surface area contributed by atoms with Crippen molar-refractivity contribution < 1.29 is 5.11 Å². The summed E-state index contributed by atoms with van der Waals surface area (Å²) in [7, 11) is 0. The number of aliphatic hydroxyl groups is 1. The van der Waals surface area contributed by atoms with Crippen molar-refractivity contribution in [3.8, 4) is 0 Å². The Morgan fingerprint density at radius 1 is 1.54 bits per heavy atom. The lowest BCUT2D eigenvalue weighted by molar-refractivity contribution is 0.245. The quantitative estimate of drug-likeness (QED) is 0.718. The lowest BCUT2D eigenvalue weighted by atomic mass is 9.93. The first-order chi connectivity index (χ1) is 6.14. The lowest BCUT2D eigenvalue weighted by Gasteiger charge is -2.22. The Bertz CT molecular complexity index is 246. The molecule has 1 atom stereocenters. The molecule has 0 saturated carbocycles. The third kappa shape index (κ3) is 3.53. The van der Waals surface area contributed by atoms with Gasteiger partial charge < -0.3 is 10.8 Å². The number of pyridine rings is 1. The minimum atomic E-state index is -0.358. The van der Waals surface area contributed by atoms with Gasteiger partial charge in [0.1, 0.15) is 0 Å². The van der Waals surface area contributed by atoms with E-state index in [1.54, 1.807) is 6.20 Å². The Morgan fingerprint density at radius 3 is 2.85 bits per heavy atom. The van der Waals surface area contributed by atoms with E-state index in [0.717, 1.165) is 5.69 Å².